The number of allylic oxidation sites excluding steroid dienone is 2. The van der Waals surface area contributed by atoms with Crippen molar-refractivity contribution in [2.45, 2.75) is 25.7 Å². The molecule has 2 aliphatic rings. The SMILES string of the molecule is CN(CCN1CCCC1)C1=CC(=O)CC1. The van der Waals surface area contributed by atoms with Crippen LogP contribution in [0.2, 0.25) is 0 Å². The molecule has 3 nitrogen and oxygen atoms in total. The van der Waals surface area contributed by atoms with Crippen molar-refractivity contribution in [3.05, 3.63) is 11.8 Å². The molecule has 15 heavy (non-hydrogen) atoms. The van der Waals surface area contributed by atoms with Gasteiger partial charge in [0.1, 0.15) is 0 Å². The molecule has 1 heterocycles. The van der Waals surface area contributed by atoms with Crippen LogP contribution in [-0.2, 0) is 4.79 Å². The second-order valence-electron chi connectivity index (χ2n) is 4.57. The first kappa shape index (κ1) is 10.7. The van der Waals surface area contributed by atoms with Crippen LogP contribution in [0.1, 0.15) is 25.7 Å². The zero-order valence-corrected chi connectivity index (χ0v) is 9.54. The number of nitrogens with zero attached hydrogens (tertiary/aromatic N) is 2. The summed E-state index contributed by atoms with van der Waals surface area (Å²) in [5.41, 5.74) is 1.22. The molecule has 1 aliphatic heterocycles. The third-order valence-electron chi connectivity index (χ3n) is 3.40. The average Bonchev–Trinajstić information content (AvgIpc) is 2.84. The molecule has 1 fully saturated rings. The maximum atomic E-state index is 11.1. The van der Waals surface area contributed by atoms with E-state index in [2.05, 4.69) is 16.8 Å². The lowest BCUT2D eigenvalue weighted by Gasteiger charge is -2.23. The molecule has 1 aliphatic carbocycles. The largest absolute Gasteiger partial charge is 0.376 e. The van der Waals surface area contributed by atoms with Crippen molar-refractivity contribution in [1.29, 1.82) is 0 Å². The molecule has 0 spiro atoms. The predicted octanol–water partition coefficient (Wildman–Crippen LogP) is 1.26. The van der Waals surface area contributed by atoms with Gasteiger partial charge in [0.15, 0.2) is 5.78 Å². The van der Waals surface area contributed by atoms with Gasteiger partial charge in [-0.05, 0) is 32.4 Å². The number of hydrogen-bond donors (Lipinski definition) is 0. The summed E-state index contributed by atoms with van der Waals surface area (Å²) in [6.07, 6.45) is 6.17. The summed E-state index contributed by atoms with van der Waals surface area (Å²) in [5.74, 6) is 0.290. The molecule has 84 valence electrons. The molecule has 0 atom stereocenters. The van der Waals surface area contributed by atoms with Crippen LogP contribution >= 0.6 is 0 Å². The van der Waals surface area contributed by atoms with Crippen molar-refractivity contribution in [3.8, 4) is 0 Å². The normalized spacial score (nSPS) is 22.2. The summed E-state index contributed by atoms with van der Waals surface area (Å²) in [7, 11) is 2.10. The summed E-state index contributed by atoms with van der Waals surface area (Å²) in [6, 6.07) is 0. The van der Waals surface area contributed by atoms with Crippen LogP contribution in [0, 0.1) is 0 Å². The Hall–Kier alpha value is -0.830. The summed E-state index contributed by atoms with van der Waals surface area (Å²) in [5, 5.41) is 0. The monoisotopic (exact) mass is 208 g/mol. The van der Waals surface area contributed by atoms with Crippen molar-refractivity contribution in [1.82, 2.24) is 9.80 Å². The van der Waals surface area contributed by atoms with Gasteiger partial charge in [0.2, 0.25) is 0 Å². The molecule has 3 heteroatoms. The van der Waals surface area contributed by atoms with E-state index in [1.807, 2.05) is 6.08 Å². The third-order valence-corrected chi connectivity index (χ3v) is 3.40. The van der Waals surface area contributed by atoms with Crippen LogP contribution in [0.25, 0.3) is 0 Å². The zero-order chi connectivity index (χ0) is 10.7. The van der Waals surface area contributed by atoms with Crippen molar-refractivity contribution in [3.63, 3.8) is 0 Å². The van der Waals surface area contributed by atoms with Crippen LogP contribution < -0.4 is 0 Å². The molecule has 0 amide bonds. The molecule has 0 radical (unpaired) electrons. The van der Waals surface area contributed by atoms with E-state index in [0.29, 0.717) is 6.42 Å². The fraction of sp³-hybridized carbons (Fsp3) is 0.750. The highest BCUT2D eigenvalue weighted by molar-refractivity contribution is 5.92. The van der Waals surface area contributed by atoms with Gasteiger partial charge in [0, 0.05) is 38.3 Å². The summed E-state index contributed by atoms with van der Waals surface area (Å²) in [4.78, 5) is 15.9. The van der Waals surface area contributed by atoms with Crippen molar-refractivity contribution in [2.75, 3.05) is 33.2 Å². The van der Waals surface area contributed by atoms with Crippen LogP contribution in [0.15, 0.2) is 11.8 Å². The summed E-state index contributed by atoms with van der Waals surface area (Å²) in [6.45, 7) is 4.71. The van der Waals surface area contributed by atoms with Gasteiger partial charge in [-0.15, -0.1) is 0 Å². The summed E-state index contributed by atoms with van der Waals surface area (Å²) >= 11 is 0. The molecule has 1 saturated heterocycles. The van der Waals surface area contributed by atoms with Gasteiger partial charge in [-0.3, -0.25) is 4.79 Å². The Balaban J connectivity index is 1.74. The molecule has 0 aromatic carbocycles. The maximum Gasteiger partial charge on any atom is 0.157 e. The lowest BCUT2D eigenvalue weighted by Crippen LogP contribution is -2.30. The molecular weight excluding hydrogens is 188 g/mol. The van der Waals surface area contributed by atoms with E-state index in [4.69, 9.17) is 0 Å². The first-order valence-corrected chi connectivity index (χ1v) is 5.92. The van der Waals surface area contributed by atoms with Crippen LogP contribution in [0.3, 0.4) is 0 Å². The van der Waals surface area contributed by atoms with Gasteiger partial charge < -0.3 is 9.80 Å². The van der Waals surface area contributed by atoms with Gasteiger partial charge in [-0.1, -0.05) is 0 Å². The van der Waals surface area contributed by atoms with Gasteiger partial charge in [0.25, 0.3) is 0 Å². The van der Waals surface area contributed by atoms with E-state index in [1.54, 1.807) is 0 Å². The quantitative estimate of drug-likeness (QED) is 0.695. The van der Waals surface area contributed by atoms with Gasteiger partial charge in [-0.2, -0.15) is 0 Å². The molecule has 0 N–H and O–H groups in total. The number of likely N-dealkylation sites (N-methyl/N-ethyl adjacent to an activating group) is 1. The van der Waals surface area contributed by atoms with Gasteiger partial charge in [-0.25, -0.2) is 0 Å². The third kappa shape index (κ3) is 2.81. The molecule has 2 rings (SSSR count). The van der Waals surface area contributed by atoms with E-state index < -0.39 is 0 Å². The topological polar surface area (TPSA) is 23.6 Å². The first-order valence-electron chi connectivity index (χ1n) is 5.92. The molecule has 0 aromatic heterocycles. The maximum absolute atomic E-state index is 11.1. The first-order chi connectivity index (χ1) is 7.25. The van der Waals surface area contributed by atoms with E-state index in [-0.39, 0.29) is 5.78 Å². The minimum absolute atomic E-state index is 0.290. The Morgan fingerprint density at radius 3 is 2.67 bits per heavy atom. The van der Waals surface area contributed by atoms with Gasteiger partial charge in [0.05, 0.1) is 0 Å². The second kappa shape index (κ2) is 4.79. The number of likely N-dealkylation sites (tertiary alicyclic amines) is 1. The Kier molecular flexibility index (Phi) is 3.41. The second-order valence-corrected chi connectivity index (χ2v) is 4.57. The van der Waals surface area contributed by atoms with E-state index in [9.17, 15) is 4.79 Å². The Morgan fingerprint density at radius 1 is 1.33 bits per heavy atom. The number of hydrogen-bond acceptors (Lipinski definition) is 3. The van der Waals surface area contributed by atoms with Crippen LogP contribution in [0.4, 0.5) is 0 Å². The van der Waals surface area contributed by atoms with Crippen molar-refractivity contribution >= 4 is 5.78 Å². The standard InChI is InChI=1S/C12H20N2O/c1-13(11-4-5-12(15)10-11)8-9-14-6-2-3-7-14/h10H,2-9H2,1H3. The highest BCUT2D eigenvalue weighted by atomic mass is 16.1. The minimum atomic E-state index is 0.290. The smallest absolute Gasteiger partial charge is 0.157 e. The molecular formula is C12H20N2O. The fourth-order valence-corrected chi connectivity index (χ4v) is 2.32. The lowest BCUT2D eigenvalue weighted by molar-refractivity contribution is -0.114. The van der Waals surface area contributed by atoms with Crippen LogP contribution in [0.5, 0.6) is 0 Å². The highest BCUT2D eigenvalue weighted by Crippen LogP contribution is 2.17. The number of carbonyl (C=O) groups excluding carboxylic acids is 1. The molecule has 0 unspecified atom stereocenters. The number of carbonyl (C=O) groups is 1. The molecule has 0 bridgehead atoms. The summed E-state index contributed by atoms with van der Waals surface area (Å²) < 4.78 is 0. The fourth-order valence-electron chi connectivity index (χ4n) is 2.32. The number of rotatable bonds is 4. The minimum Gasteiger partial charge on any atom is -0.376 e. The lowest BCUT2D eigenvalue weighted by atomic mass is 10.3. The van der Waals surface area contributed by atoms with Crippen molar-refractivity contribution in [2.24, 2.45) is 0 Å². The Labute approximate surface area is 91.7 Å². The number of ketones is 1. The molecule has 0 aromatic rings. The van der Waals surface area contributed by atoms with E-state index in [1.165, 1.54) is 31.6 Å². The average molecular weight is 208 g/mol. The Bertz CT molecular complexity index is 267. The zero-order valence-electron chi connectivity index (χ0n) is 9.54. The van der Waals surface area contributed by atoms with Crippen LogP contribution in [-0.4, -0.2) is 48.8 Å². The van der Waals surface area contributed by atoms with E-state index >= 15 is 0 Å². The Morgan fingerprint density at radius 2 is 2.07 bits per heavy atom. The van der Waals surface area contributed by atoms with Gasteiger partial charge >= 0.3 is 0 Å². The van der Waals surface area contributed by atoms with Crippen molar-refractivity contribution < 1.29 is 4.79 Å². The molecule has 0 saturated carbocycles. The highest BCUT2D eigenvalue weighted by Gasteiger charge is 2.16. The predicted molar refractivity (Wildman–Crippen MR) is 60.6 cm³/mol. The van der Waals surface area contributed by atoms with E-state index in [0.717, 1.165) is 19.5 Å².